The Hall–Kier alpha value is -1.68. The lowest BCUT2D eigenvalue weighted by atomic mass is 9.85. The fourth-order valence-corrected chi connectivity index (χ4v) is 2.90. The van der Waals surface area contributed by atoms with Gasteiger partial charge in [0.05, 0.1) is 29.4 Å². The topological polar surface area (TPSA) is 55.1 Å². The molecule has 1 aliphatic carbocycles. The summed E-state index contributed by atoms with van der Waals surface area (Å²) in [6.45, 7) is 0.351. The molecule has 0 spiro atoms. The molecule has 1 fully saturated rings. The van der Waals surface area contributed by atoms with Gasteiger partial charge in [-0.05, 0) is 25.0 Å². The number of fused-ring (bicyclic) bond motifs is 1. The molecule has 0 saturated heterocycles. The molecular weight excluding hydrogens is 240 g/mol. The smallest absolute Gasteiger partial charge is 0.261 e. The molecule has 1 heterocycles. The molecule has 0 amide bonds. The Labute approximate surface area is 111 Å². The molecule has 4 heteroatoms. The predicted molar refractivity (Wildman–Crippen MR) is 74.0 cm³/mol. The van der Waals surface area contributed by atoms with E-state index in [0.717, 1.165) is 25.7 Å². The first-order valence-electron chi connectivity index (χ1n) is 6.85. The molecular formula is C15H18N2O2. The molecule has 1 saturated carbocycles. The summed E-state index contributed by atoms with van der Waals surface area (Å²) in [5.41, 5.74) is -0.101. The molecule has 1 aromatic carbocycles. The van der Waals surface area contributed by atoms with Gasteiger partial charge in [0, 0.05) is 0 Å². The number of aromatic nitrogens is 2. The van der Waals surface area contributed by atoms with Gasteiger partial charge in [0.1, 0.15) is 0 Å². The number of rotatable bonds is 2. The van der Waals surface area contributed by atoms with Crippen molar-refractivity contribution < 1.29 is 5.11 Å². The highest BCUT2D eigenvalue weighted by molar-refractivity contribution is 5.76. The van der Waals surface area contributed by atoms with E-state index in [1.165, 1.54) is 6.42 Å². The van der Waals surface area contributed by atoms with Crippen molar-refractivity contribution in [2.45, 2.75) is 44.2 Å². The lowest BCUT2D eigenvalue weighted by Crippen LogP contribution is -2.39. The molecule has 4 nitrogen and oxygen atoms in total. The molecule has 1 N–H and O–H groups in total. The van der Waals surface area contributed by atoms with Gasteiger partial charge in [-0.25, -0.2) is 4.98 Å². The van der Waals surface area contributed by atoms with Crippen molar-refractivity contribution in [3.8, 4) is 0 Å². The van der Waals surface area contributed by atoms with Crippen LogP contribution in [0.3, 0.4) is 0 Å². The third kappa shape index (κ3) is 2.40. The molecule has 0 unspecified atom stereocenters. The normalized spacial score (nSPS) is 18.6. The van der Waals surface area contributed by atoms with Crippen LogP contribution in [0, 0.1) is 0 Å². The van der Waals surface area contributed by atoms with Crippen LogP contribution in [0.15, 0.2) is 35.4 Å². The summed E-state index contributed by atoms with van der Waals surface area (Å²) < 4.78 is 1.55. The predicted octanol–water partition coefficient (Wildman–Crippen LogP) is 2.09. The summed E-state index contributed by atoms with van der Waals surface area (Å²) >= 11 is 0. The maximum Gasteiger partial charge on any atom is 0.261 e. The highest BCUT2D eigenvalue weighted by Gasteiger charge is 2.30. The van der Waals surface area contributed by atoms with Gasteiger partial charge in [0.2, 0.25) is 0 Å². The van der Waals surface area contributed by atoms with Gasteiger partial charge in [-0.1, -0.05) is 31.4 Å². The van der Waals surface area contributed by atoms with E-state index in [9.17, 15) is 9.90 Å². The summed E-state index contributed by atoms with van der Waals surface area (Å²) in [6, 6.07) is 7.32. The van der Waals surface area contributed by atoms with Crippen molar-refractivity contribution in [3.63, 3.8) is 0 Å². The number of hydrogen-bond acceptors (Lipinski definition) is 3. The number of benzene rings is 1. The van der Waals surface area contributed by atoms with Crippen LogP contribution in [0.25, 0.3) is 10.9 Å². The summed E-state index contributed by atoms with van der Waals surface area (Å²) in [7, 11) is 0. The first-order valence-corrected chi connectivity index (χ1v) is 6.85. The van der Waals surface area contributed by atoms with Gasteiger partial charge >= 0.3 is 0 Å². The van der Waals surface area contributed by atoms with Gasteiger partial charge in [-0.15, -0.1) is 0 Å². The third-order valence-electron chi connectivity index (χ3n) is 3.98. The Morgan fingerprint density at radius 1 is 1.21 bits per heavy atom. The monoisotopic (exact) mass is 258 g/mol. The average molecular weight is 258 g/mol. The Balaban J connectivity index is 1.97. The van der Waals surface area contributed by atoms with Crippen LogP contribution >= 0.6 is 0 Å². The molecule has 0 aliphatic heterocycles. The maximum atomic E-state index is 12.4. The highest BCUT2D eigenvalue weighted by Crippen LogP contribution is 2.29. The number of aliphatic hydroxyl groups is 1. The highest BCUT2D eigenvalue weighted by atomic mass is 16.3. The van der Waals surface area contributed by atoms with Crippen molar-refractivity contribution >= 4 is 10.9 Å². The molecule has 100 valence electrons. The average Bonchev–Trinajstić information content (AvgIpc) is 2.43. The molecule has 0 bridgehead atoms. The standard InChI is InChI=1S/C15H18N2O2/c18-14-12-6-2-3-7-13(12)16-11-17(14)10-15(19)8-4-1-5-9-15/h2-3,6-7,11,19H,1,4-5,8-10H2. The van der Waals surface area contributed by atoms with E-state index in [4.69, 9.17) is 0 Å². The van der Waals surface area contributed by atoms with Crippen LogP contribution in [0.2, 0.25) is 0 Å². The molecule has 1 aromatic heterocycles. The van der Waals surface area contributed by atoms with Crippen LogP contribution in [-0.2, 0) is 6.54 Å². The third-order valence-corrected chi connectivity index (χ3v) is 3.98. The van der Waals surface area contributed by atoms with Crippen LogP contribution in [0.1, 0.15) is 32.1 Å². The van der Waals surface area contributed by atoms with Gasteiger partial charge in [0.25, 0.3) is 5.56 Å². The molecule has 19 heavy (non-hydrogen) atoms. The minimum atomic E-state index is -0.744. The fraction of sp³-hybridized carbons (Fsp3) is 0.467. The van der Waals surface area contributed by atoms with Crippen LogP contribution in [0.5, 0.6) is 0 Å². The van der Waals surface area contributed by atoms with Crippen molar-refractivity contribution in [1.82, 2.24) is 9.55 Å². The summed E-state index contributed by atoms with van der Waals surface area (Å²) in [4.78, 5) is 16.6. The van der Waals surface area contributed by atoms with E-state index in [1.54, 1.807) is 17.0 Å². The minimum absolute atomic E-state index is 0.0652. The Bertz CT molecular complexity index is 642. The SMILES string of the molecule is O=c1c2ccccc2ncn1CC1(O)CCCCC1. The second-order valence-electron chi connectivity index (χ2n) is 5.48. The van der Waals surface area contributed by atoms with E-state index < -0.39 is 5.60 Å². The van der Waals surface area contributed by atoms with E-state index in [0.29, 0.717) is 17.4 Å². The van der Waals surface area contributed by atoms with Crippen molar-refractivity contribution in [1.29, 1.82) is 0 Å². The van der Waals surface area contributed by atoms with E-state index in [-0.39, 0.29) is 5.56 Å². The summed E-state index contributed by atoms with van der Waals surface area (Å²) in [5.74, 6) is 0. The first kappa shape index (κ1) is 12.4. The Kier molecular flexibility index (Phi) is 3.11. The fourth-order valence-electron chi connectivity index (χ4n) is 2.90. The van der Waals surface area contributed by atoms with Crippen molar-refractivity contribution in [2.75, 3.05) is 0 Å². The van der Waals surface area contributed by atoms with Gasteiger partial charge in [-0.3, -0.25) is 9.36 Å². The zero-order chi connectivity index (χ0) is 13.3. The molecule has 1 aliphatic rings. The quantitative estimate of drug-likeness (QED) is 0.897. The van der Waals surface area contributed by atoms with E-state index >= 15 is 0 Å². The zero-order valence-electron chi connectivity index (χ0n) is 10.9. The van der Waals surface area contributed by atoms with E-state index in [1.807, 2.05) is 18.2 Å². The summed E-state index contributed by atoms with van der Waals surface area (Å²) in [5, 5.41) is 11.1. The molecule has 3 rings (SSSR count). The van der Waals surface area contributed by atoms with E-state index in [2.05, 4.69) is 4.98 Å². The number of hydrogen-bond donors (Lipinski definition) is 1. The van der Waals surface area contributed by atoms with Crippen LogP contribution in [-0.4, -0.2) is 20.3 Å². The van der Waals surface area contributed by atoms with Crippen molar-refractivity contribution in [2.24, 2.45) is 0 Å². The second kappa shape index (κ2) is 4.78. The molecule has 2 aromatic rings. The first-order chi connectivity index (χ1) is 9.18. The van der Waals surface area contributed by atoms with Gasteiger partial charge < -0.3 is 5.11 Å². The largest absolute Gasteiger partial charge is 0.388 e. The van der Waals surface area contributed by atoms with Crippen LogP contribution in [0.4, 0.5) is 0 Å². The number of nitrogens with zero attached hydrogens (tertiary/aromatic N) is 2. The summed E-state index contributed by atoms with van der Waals surface area (Å²) in [6.07, 6.45) is 6.33. The Morgan fingerprint density at radius 2 is 1.95 bits per heavy atom. The molecule has 0 atom stereocenters. The lowest BCUT2D eigenvalue weighted by molar-refractivity contribution is -0.0123. The Morgan fingerprint density at radius 3 is 2.74 bits per heavy atom. The van der Waals surface area contributed by atoms with Crippen LogP contribution < -0.4 is 5.56 Å². The van der Waals surface area contributed by atoms with Gasteiger partial charge in [0.15, 0.2) is 0 Å². The second-order valence-corrected chi connectivity index (χ2v) is 5.48. The zero-order valence-corrected chi connectivity index (χ0v) is 10.9. The van der Waals surface area contributed by atoms with Gasteiger partial charge in [-0.2, -0.15) is 0 Å². The maximum absolute atomic E-state index is 12.4. The number of para-hydroxylation sites is 1. The molecule has 0 radical (unpaired) electrons. The lowest BCUT2D eigenvalue weighted by Gasteiger charge is -2.32. The minimum Gasteiger partial charge on any atom is -0.388 e. The van der Waals surface area contributed by atoms with Crippen molar-refractivity contribution in [3.05, 3.63) is 40.9 Å².